The van der Waals surface area contributed by atoms with Gasteiger partial charge in [-0.2, -0.15) is 0 Å². The molecule has 224 valence electrons. The van der Waals surface area contributed by atoms with Gasteiger partial charge in [-0.25, -0.2) is 0 Å². The lowest BCUT2D eigenvalue weighted by molar-refractivity contribution is -0.311. The topological polar surface area (TPSA) is 204 Å². The first kappa shape index (κ1) is 28.5. The Bertz CT molecular complexity index is 1580. The Morgan fingerprint density at radius 1 is 1.05 bits per heavy atom. The highest BCUT2D eigenvalue weighted by atomic mass is 16.7. The molecule has 6 N–H and O–H groups in total. The van der Waals surface area contributed by atoms with Crippen molar-refractivity contribution >= 4 is 17.5 Å². The Kier molecular flexibility index (Phi) is 6.08. The summed E-state index contributed by atoms with van der Waals surface area (Å²) in [6.07, 6.45) is -5.98. The van der Waals surface area contributed by atoms with Gasteiger partial charge < -0.3 is 49.7 Å². The number of esters is 1. The number of hydrogen-bond acceptors (Lipinski definition) is 13. The summed E-state index contributed by atoms with van der Waals surface area (Å²) in [6, 6.07) is 1.44. The van der Waals surface area contributed by atoms with Crippen molar-refractivity contribution in [3.63, 3.8) is 0 Å². The minimum atomic E-state index is -1.83. The lowest BCUT2D eigenvalue weighted by Crippen LogP contribution is -2.68. The number of carbonyl (C=O) groups excluding carboxylic acids is 3. The Morgan fingerprint density at radius 3 is 2.33 bits per heavy atom. The zero-order chi connectivity index (χ0) is 30.8. The van der Waals surface area contributed by atoms with Crippen LogP contribution in [0.5, 0.6) is 17.2 Å². The monoisotopic (exact) mass is 585 g/mol. The molecule has 2 aromatic rings. The maximum Gasteiger partial charge on any atom is 0.316 e. The van der Waals surface area contributed by atoms with Crippen molar-refractivity contribution in [1.82, 2.24) is 4.90 Å². The lowest BCUT2D eigenvalue weighted by atomic mass is 9.68. The first-order valence-electron chi connectivity index (χ1n) is 13.3. The van der Waals surface area contributed by atoms with Gasteiger partial charge in [0.25, 0.3) is 0 Å². The summed E-state index contributed by atoms with van der Waals surface area (Å²) < 4.78 is 16.7. The minimum absolute atomic E-state index is 0.0545. The van der Waals surface area contributed by atoms with E-state index in [1.165, 1.54) is 13.8 Å². The molecule has 0 saturated carbocycles. The van der Waals surface area contributed by atoms with E-state index in [4.69, 9.17) is 14.2 Å². The van der Waals surface area contributed by atoms with Gasteiger partial charge in [-0.05, 0) is 45.6 Å². The molecule has 0 spiro atoms. The van der Waals surface area contributed by atoms with Gasteiger partial charge in [0.15, 0.2) is 5.78 Å². The van der Waals surface area contributed by atoms with E-state index in [1.54, 1.807) is 19.0 Å². The first-order chi connectivity index (χ1) is 19.6. The number of phenolic OH excluding ortho intramolecular Hbond substituents is 2. The van der Waals surface area contributed by atoms with Gasteiger partial charge in [-0.3, -0.25) is 14.4 Å². The number of aromatic hydroxyl groups is 2. The second-order valence-corrected chi connectivity index (χ2v) is 12.0. The van der Waals surface area contributed by atoms with E-state index in [-0.39, 0.29) is 40.0 Å². The minimum Gasteiger partial charge on any atom is -0.507 e. The third-order valence-corrected chi connectivity index (χ3v) is 9.11. The Balaban J connectivity index is 1.60. The van der Waals surface area contributed by atoms with Crippen LogP contribution in [0, 0.1) is 0 Å². The number of ether oxygens (including phenoxy) is 3. The van der Waals surface area contributed by atoms with Crippen molar-refractivity contribution in [1.29, 1.82) is 0 Å². The second kappa shape index (κ2) is 8.96. The number of aliphatic hydroxyl groups excluding tert-OH is 3. The predicted octanol–water partition coefficient (Wildman–Crippen LogP) is -0.0662. The van der Waals surface area contributed by atoms with Crippen molar-refractivity contribution in [3.05, 3.63) is 51.1 Å². The highest BCUT2D eigenvalue weighted by molar-refractivity contribution is 6.31. The van der Waals surface area contributed by atoms with Crippen LogP contribution in [0.25, 0.3) is 0 Å². The molecular weight excluding hydrogens is 554 g/mol. The molecule has 42 heavy (non-hydrogen) atoms. The fourth-order valence-corrected chi connectivity index (χ4v) is 7.07. The van der Waals surface area contributed by atoms with Crippen LogP contribution in [0.3, 0.4) is 0 Å². The summed E-state index contributed by atoms with van der Waals surface area (Å²) in [4.78, 5) is 42.4. The van der Waals surface area contributed by atoms with Crippen molar-refractivity contribution in [2.45, 2.75) is 68.0 Å². The van der Waals surface area contributed by atoms with E-state index >= 15 is 0 Å². The van der Waals surface area contributed by atoms with E-state index in [0.29, 0.717) is 0 Å². The van der Waals surface area contributed by atoms with Gasteiger partial charge in [0.2, 0.25) is 12.1 Å². The largest absolute Gasteiger partial charge is 0.507 e. The van der Waals surface area contributed by atoms with Crippen LogP contribution in [0.15, 0.2) is 12.1 Å². The van der Waals surface area contributed by atoms with Gasteiger partial charge >= 0.3 is 5.97 Å². The third-order valence-electron chi connectivity index (χ3n) is 9.11. The van der Waals surface area contributed by atoms with Crippen LogP contribution in [-0.2, 0) is 19.9 Å². The number of phenols is 2. The number of nitrogens with zero attached hydrogens (tertiary/aromatic N) is 1. The summed E-state index contributed by atoms with van der Waals surface area (Å²) in [5.41, 5.74) is -5.43. The molecule has 0 radical (unpaired) electrons. The molecule has 2 aliphatic heterocycles. The predicted molar refractivity (Wildman–Crippen MR) is 140 cm³/mol. The Hall–Kier alpha value is -3.59. The summed E-state index contributed by atoms with van der Waals surface area (Å²) in [5, 5.41) is 66.5. The maximum atomic E-state index is 14.2. The molecule has 8 atom stereocenters. The molecule has 1 saturated heterocycles. The lowest BCUT2D eigenvalue weighted by Gasteiger charge is -2.53. The fourth-order valence-electron chi connectivity index (χ4n) is 7.07. The molecule has 0 unspecified atom stereocenters. The summed E-state index contributed by atoms with van der Waals surface area (Å²) in [6.45, 7) is 2.81. The molecule has 4 aliphatic rings. The van der Waals surface area contributed by atoms with Crippen LogP contribution in [0.2, 0.25) is 0 Å². The average molecular weight is 586 g/mol. The number of benzene rings is 2. The number of rotatable bonds is 2. The van der Waals surface area contributed by atoms with Gasteiger partial charge in [0.1, 0.15) is 41.0 Å². The highest BCUT2D eigenvalue weighted by Crippen LogP contribution is 2.55. The molecule has 2 aliphatic carbocycles. The second-order valence-electron chi connectivity index (χ2n) is 12.0. The number of hydrogen-bond donors (Lipinski definition) is 6. The molecule has 2 aromatic carbocycles. The van der Waals surface area contributed by atoms with Crippen LogP contribution >= 0.6 is 0 Å². The molecule has 0 amide bonds. The van der Waals surface area contributed by atoms with E-state index in [1.807, 2.05) is 0 Å². The molecule has 2 heterocycles. The first-order valence-corrected chi connectivity index (χ1v) is 13.3. The number of aliphatic hydroxyl groups is 4. The molecule has 13 heteroatoms. The number of carbonyl (C=O) groups is 3. The van der Waals surface area contributed by atoms with Crippen LogP contribution in [-0.4, -0.2) is 104 Å². The third kappa shape index (κ3) is 3.49. The molecule has 13 nitrogen and oxygen atoms in total. The van der Waals surface area contributed by atoms with Gasteiger partial charge in [-0.1, -0.05) is 0 Å². The van der Waals surface area contributed by atoms with Gasteiger partial charge in [0.05, 0.1) is 41.5 Å². The SMILES string of the molecule is COC(=O)[C@H]1c2cc3c(c(O)c2[C@H](O)C[C@]1(C)O)C(=O)c1c(O)cc2c(c1C3=O)O[C@H]1O[C@@]2(C)[C@@H](O)[C@@H](N(C)C)[C@H]1O. The Morgan fingerprint density at radius 2 is 1.71 bits per heavy atom. The number of methoxy groups -OCH3 is 1. The molecule has 2 bridgehead atoms. The average Bonchev–Trinajstić information content (AvgIpc) is 2.89. The van der Waals surface area contributed by atoms with Crippen molar-refractivity contribution in [3.8, 4) is 17.2 Å². The summed E-state index contributed by atoms with van der Waals surface area (Å²) in [7, 11) is 4.39. The molecule has 0 aromatic heterocycles. The normalized spacial score (nSPS) is 34.6. The van der Waals surface area contributed by atoms with Crippen LogP contribution in [0.1, 0.15) is 80.8 Å². The van der Waals surface area contributed by atoms with Crippen LogP contribution in [0.4, 0.5) is 0 Å². The van der Waals surface area contributed by atoms with Crippen molar-refractivity contribution in [2.24, 2.45) is 0 Å². The molecular formula is C29H31NO12. The smallest absolute Gasteiger partial charge is 0.316 e. The number of fused-ring (bicyclic) bond motifs is 8. The van der Waals surface area contributed by atoms with E-state index in [0.717, 1.165) is 19.2 Å². The zero-order valence-corrected chi connectivity index (χ0v) is 23.4. The van der Waals surface area contributed by atoms with Crippen molar-refractivity contribution < 1.29 is 59.2 Å². The zero-order valence-electron chi connectivity index (χ0n) is 23.4. The van der Waals surface area contributed by atoms with Crippen molar-refractivity contribution in [2.75, 3.05) is 21.2 Å². The fraction of sp³-hybridized carbons (Fsp3) is 0.483. The van der Waals surface area contributed by atoms with E-state index < -0.39 is 87.9 Å². The van der Waals surface area contributed by atoms with Crippen LogP contribution < -0.4 is 4.74 Å². The summed E-state index contributed by atoms with van der Waals surface area (Å²) >= 11 is 0. The standard InChI is InChI=1S/C29H31NO12/c1-28(39)8-13(32)14-9(18(28)26(38)40-5)6-10-15(21(14)34)22(35)16-12(31)7-11-24(17(16)20(10)33)41-27-23(36)19(30(3)4)25(37)29(11,2)42-27/h6-7,13,18-19,23,25,27,31-32,34,36-37,39H,8H2,1-5H3/t13-,18-,19+,23-,25+,27+,28+,29-/m1/s1. The maximum absolute atomic E-state index is 14.2. The van der Waals surface area contributed by atoms with Gasteiger partial charge in [0, 0.05) is 23.1 Å². The van der Waals surface area contributed by atoms with E-state index in [9.17, 15) is 45.0 Å². The number of ketones is 2. The van der Waals surface area contributed by atoms with E-state index in [2.05, 4.69) is 0 Å². The summed E-state index contributed by atoms with van der Waals surface area (Å²) in [5.74, 6) is -5.77. The van der Waals surface area contributed by atoms with Gasteiger partial charge in [-0.15, -0.1) is 0 Å². The quantitative estimate of drug-likeness (QED) is 0.218. The highest BCUT2D eigenvalue weighted by Gasteiger charge is 2.59. The Labute approximate surface area is 239 Å². The molecule has 1 fully saturated rings. The number of likely N-dealkylation sites (N-methyl/N-ethyl adjacent to an activating group) is 1. The molecule has 6 rings (SSSR count).